The lowest BCUT2D eigenvalue weighted by Crippen LogP contribution is -2.26. The summed E-state index contributed by atoms with van der Waals surface area (Å²) in [6.07, 6.45) is 3.05. The van der Waals surface area contributed by atoms with Gasteiger partial charge in [0.2, 0.25) is 0 Å². The van der Waals surface area contributed by atoms with E-state index < -0.39 is 4.92 Å². The standard InChI is InChI=1S/C10H12N4O3/c1-11-9-8(10(15)13-6-2-3-6)4-7(5-12-9)14(16)17/h4-6H,2-3H2,1H3,(H,11,12)(H,13,15). The van der Waals surface area contributed by atoms with Crippen LogP contribution >= 0.6 is 0 Å². The highest BCUT2D eigenvalue weighted by Crippen LogP contribution is 2.22. The molecule has 1 saturated carbocycles. The smallest absolute Gasteiger partial charge is 0.288 e. The van der Waals surface area contributed by atoms with Crippen molar-refractivity contribution >= 4 is 17.4 Å². The molecular formula is C10H12N4O3. The van der Waals surface area contributed by atoms with Crippen LogP contribution in [0.5, 0.6) is 0 Å². The summed E-state index contributed by atoms with van der Waals surface area (Å²) in [5, 5.41) is 16.1. The molecular weight excluding hydrogens is 224 g/mol. The fourth-order valence-corrected chi connectivity index (χ4v) is 1.42. The zero-order valence-corrected chi connectivity index (χ0v) is 9.27. The van der Waals surface area contributed by atoms with Crippen LogP contribution in [0.1, 0.15) is 23.2 Å². The average Bonchev–Trinajstić information content (AvgIpc) is 3.11. The Kier molecular flexibility index (Phi) is 2.90. The van der Waals surface area contributed by atoms with E-state index in [1.54, 1.807) is 7.05 Å². The molecule has 0 aliphatic heterocycles. The molecule has 90 valence electrons. The van der Waals surface area contributed by atoms with Gasteiger partial charge in [0.25, 0.3) is 11.6 Å². The van der Waals surface area contributed by atoms with Gasteiger partial charge in [-0.3, -0.25) is 14.9 Å². The second kappa shape index (κ2) is 4.36. The maximum atomic E-state index is 11.8. The molecule has 7 nitrogen and oxygen atoms in total. The molecule has 1 aliphatic rings. The Morgan fingerprint density at radius 3 is 2.82 bits per heavy atom. The molecule has 2 rings (SSSR count). The molecule has 1 aromatic heterocycles. The number of hydrogen-bond donors (Lipinski definition) is 2. The summed E-state index contributed by atoms with van der Waals surface area (Å²) in [7, 11) is 1.61. The van der Waals surface area contributed by atoms with E-state index in [0.29, 0.717) is 5.82 Å². The van der Waals surface area contributed by atoms with Gasteiger partial charge in [-0.2, -0.15) is 0 Å². The Bertz CT molecular complexity index is 471. The van der Waals surface area contributed by atoms with Crippen molar-refractivity contribution in [3.05, 3.63) is 27.9 Å². The average molecular weight is 236 g/mol. The maximum Gasteiger partial charge on any atom is 0.288 e. The zero-order chi connectivity index (χ0) is 12.4. The summed E-state index contributed by atoms with van der Waals surface area (Å²) >= 11 is 0. The predicted molar refractivity (Wildman–Crippen MR) is 60.9 cm³/mol. The van der Waals surface area contributed by atoms with Crippen molar-refractivity contribution in [3.63, 3.8) is 0 Å². The van der Waals surface area contributed by atoms with Crippen LogP contribution in [0.15, 0.2) is 12.3 Å². The highest BCUT2D eigenvalue weighted by molar-refractivity contribution is 5.99. The van der Waals surface area contributed by atoms with Crippen molar-refractivity contribution in [1.82, 2.24) is 10.3 Å². The van der Waals surface area contributed by atoms with Gasteiger partial charge in [-0.25, -0.2) is 4.98 Å². The Labute approximate surface area is 97.4 Å². The molecule has 1 heterocycles. The molecule has 0 radical (unpaired) electrons. The molecule has 0 aromatic carbocycles. The maximum absolute atomic E-state index is 11.8. The first-order valence-corrected chi connectivity index (χ1v) is 5.25. The van der Waals surface area contributed by atoms with Crippen molar-refractivity contribution in [3.8, 4) is 0 Å². The summed E-state index contributed by atoms with van der Waals surface area (Å²) in [5.41, 5.74) is 0.0125. The van der Waals surface area contributed by atoms with Gasteiger partial charge in [0.1, 0.15) is 12.0 Å². The molecule has 17 heavy (non-hydrogen) atoms. The van der Waals surface area contributed by atoms with Crippen molar-refractivity contribution in [2.45, 2.75) is 18.9 Å². The van der Waals surface area contributed by atoms with Crippen LogP contribution in [0.2, 0.25) is 0 Å². The van der Waals surface area contributed by atoms with Gasteiger partial charge in [-0.1, -0.05) is 0 Å². The molecule has 1 amide bonds. The highest BCUT2D eigenvalue weighted by Gasteiger charge is 2.26. The lowest BCUT2D eigenvalue weighted by molar-refractivity contribution is -0.385. The van der Waals surface area contributed by atoms with E-state index in [0.717, 1.165) is 19.0 Å². The molecule has 1 aromatic rings. The number of carbonyl (C=O) groups is 1. The van der Waals surface area contributed by atoms with E-state index in [2.05, 4.69) is 15.6 Å². The number of aromatic nitrogens is 1. The summed E-state index contributed by atoms with van der Waals surface area (Å²) in [6, 6.07) is 1.43. The van der Waals surface area contributed by atoms with Gasteiger partial charge in [0, 0.05) is 19.2 Å². The molecule has 1 fully saturated rings. The first-order chi connectivity index (χ1) is 8.11. The second-order valence-electron chi connectivity index (χ2n) is 3.84. The summed E-state index contributed by atoms with van der Waals surface area (Å²) in [5.74, 6) is 0.0156. The number of rotatable bonds is 4. The third-order valence-electron chi connectivity index (χ3n) is 2.48. The fourth-order valence-electron chi connectivity index (χ4n) is 1.42. The number of carbonyl (C=O) groups excluding carboxylic acids is 1. The lowest BCUT2D eigenvalue weighted by Gasteiger charge is -2.07. The minimum Gasteiger partial charge on any atom is -0.372 e. The SMILES string of the molecule is CNc1ncc([N+](=O)[O-])cc1C(=O)NC1CC1. The van der Waals surface area contributed by atoms with Crippen LogP contribution in [-0.2, 0) is 0 Å². The Morgan fingerprint density at radius 1 is 1.59 bits per heavy atom. The summed E-state index contributed by atoms with van der Waals surface area (Å²) < 4.78 is 0. The number of amides is 1. The summed E-state index contributed by atoms with van der Waals surface area (Å²) in [6.45, 7) is 0. The van der Waals surface area contributed by atoms with Crippen molar-refractivity contribution < 1.29 is 9.72 Å². The van der Waals surface area contributed by atoms with Gasteiger partial charge in [0.05, 0.1) is 10.5 Å². The van der Waals surface area contributed by atoms with Gasteiger partial charge in [0.15, 0.2) is 0 Å². The number of pyridine rings is 1. The molecule has 0 atom stereocenters. The normalized spacial score (nSPS) is 14.2. The fraction of sp³-hybridized carbons (Fsp3) is 0.400. The number of nitro groups is 1. The molecule has 0 saturated heterocycles. The monoisotopic (exact) mass is 236 g/mol. The van der Waals surface area contributed by atoms with E-state index in [-0.39, 0.29) is 23.2 Å². The van der Waals surface area contributed by atoms with Gasteiger partial charge >= 0.3 is 0 Å². The Balaban J connectivity index is 2.30. The number of nitrogens with zero attached hydrogens (tertiary/aromatic N) is 2. The second-order valence-corrected chi connectivity index (χ2v) is 3.84. The van der Waals surface area contributed by atoms with Crippen LogP contribution < -0.4 is 10.6 Å². The highest BCUT2D eigenvalue weighted by atomic mass is 16.6. The van der Waals surface area contributed by atoms with Crippen LogP contribution in [-0.4, -0.2) is 28.9 Å². The van der Waals surface area contributed by atoms with Crippen LogP contribution in [0.3, 0.4) is 0 Å². The zero-order valence-electron chi connectivity index (χ0n) is 9.27. The lowest BCUT2D eigenvalue weighted by atomic mass is 10.2. The van der Waals surface area contributed by atoms with Crippen LogP contribution in [0.4, 0.5) is 11.5 Å². The molecule has 0 spiro atoms. The van der Waals surface area contributed by atoms with Gasteiger partial charge < -0.3 is 10.6 Å². The Morgan fingerprint density at radius 2 is 2.29 bits per heavy atom. The summed E-state index contributed by atoms with van der Waals surface area (Å²) in [4.78, 5) is 25.7. The minimum atomic E-state index is -0.569. The predicted octanol–water partition coefficient (Wildman–Crippen LogP) is 0.924. The molecule has 0 bridgehead atoms. The van der Waals surface area contributed by atoms with Crippen molar-refractivity contribution in [2.24, 2.45) is 0 Å². The van der Waals surface area contributed by atoms with E-state index in [1.807, 2.05) is 0 Å². The van der Waals surface area contributed by atoms with Crippen molar-refractivity contribution in [1.29, 1.82) is 0 Å². The molecule has 1 aliphatic carbocycles. The molecule has 2 N–H and O–H groups in total. The van der Waals surface area contributed by atoms with E-state index >= 15 is 0 Å². The molecule has 0 unspecified atom stereocenters. The number of nitrogens with one attached hydrogen (secondary N) is 2. The van der Waals surface area contributed by atoms with Crippen molar-refractivity contribution in [2.75, 3.05) is 12.4 Å². The number of hydrogen-bond acceptors (Lipinski definition) is 5. The number of anilines is 1. The largest absolute Gasteiger partial charge is 0.372 e. The molecule has 7 heteroatoms. The first-order valence-electron chi connectivity index (χ1n) is 5.25. The minimum absolute atomic E-state index is 0.190. The first kappa shape index (κ1) is 11.3. The topological polar surface area (TPSA) is 97.2 Å². The third kappa shape index (κ3) is 2.49. The quantitative estimate of drug-likeness (QED) is 0.598. The van der Waals surface area contributed by atoms with E-state index in [1.165, 1.54) is 6.07 Å². The van der Waals surface area contributed by atoms with Gasteiger partial charge in [-0.15, -0.1) is 0 Å². The van der Waals surface area contributed by atoms with E-state index in [4.69, 9.17) is 0 Å². The van der Waals surface area contributed by atoms with Crippen LogP contribution in [0.25, 0.3) is 0 Å². The van der Waals surface area contributed by atoms with E-state index in [9.17, 15) is 14.9 Å². The third-order valence-corrected chi connectivity index (χ3v) is 2.48. The Hall–Kier alpha value is -2.18. The van der Waals surface area contributed by atoms with Gasteiger partial charge in [-0.05, 0) is 12.8 Å². The van der Waals surface area contributed by atoms with Crippen LogP contribution in [0, 0.1) is 10.1 Å².